The fourth-order valence-corrected chi connectivity index (χ4v) is 6.48. The monoisotopic (exact) mass is 812 g/mol. The van der Waals surface area contributed by atoms with Crippen LogP contribution in [0.15, 0.2) is 69.8 Å². The van der Waals surface area contributed by atoms with Gasteiger partial charge in [-0.05, 0) is 80.7 Å². The number of aliphatic imine (C=N–C) groups is 1. The number of azo groups is 1. The van der Waals surface area contributed by atoms with Crippen LogP contribution >= 0.6 is 12.4 Å². The van der Waals surface area contributed by atoms with Crippen LogP contribution in [0.4, 0.5) is 16.2 Å². The maximum absolute atomic E-state index is 13.5. The molecule has 18 nitrogen and oxygen atoms in total. The van der Waals surface area contributed by atoms with E-state index in [-0.39, 0.29) is 56.8 Å². The van der Waals surface area contributed by atoms with Crippen molar-refractivity contribution >= 4 is 65.4 Å². The Morgan fingerprint density at radius 1 is 0.842 bits per heavy atom. The predicted octanol–water partition coefficient (Wildman–Crippen LogP) is 2.89. The van der Waals surface area contributed by atoms with Gasteiger partial charge in [-0.3, -0.25) is 29.1 Å². The van der Waals surface area contributed by atoms with Crippen LogP contribution in [0.3, 0.4) is 0 Å². The number of likely N-dealkylation sites (tertiary alicyclic amines) is 2. The van der Waals surface area contributed by atoms with Gasteiger partial charge in [0, 0.05) is 19.6 Å². The normalized spacial score (nSPS) is 17.3. The number of rotatable bonds is 18. The second kappa shape index (κ2) is 22.7. The van der Waals surface area contributed by atoms with Gasteiger partial charge in [-0.1, -0.05) is 44.2 Å². The van der Waals surface area contributed by atoms with Crippen LogP contribution in [-0.2, 0) is 35.3 Å². The standard InChI is InChI=1S/C38H52N10O8.ClH/c1-24(2)21-29(33(50)42-22-32(49)47-19-7-12-30(47)34(51)43-28(36(53)54)11-6-18-41-37(39)40)44-35(52)31-13-8-20-48(31)38(55)56-23-25-14-16-27(17-15-25)46-45-26-9-4-3-5-10-26;/h3-5,9-10,14-17,24,28-31H,6-8,11-13,18-23H2,1-2H3,(H,42,50)(H,43,51)(H,44,52)(H,53,54)(H4,39,40,41);1H/t28-,29+,30+,31+;/m1./s1. The van der Waals surface area contributed by atoms with E-state index in [0.29, 0.717) is 44.3 Å². The van der Waals surface area contributed by atoms with Crippen molar-refractivity contribution in [1.29, 1.82) is 0 Å². The molecule has 2 aliphatic rings. The Hall–Kier alpha value is -5.78. The molecule has 0 radical (unpaired) electrons. The molecule has 0 bridgehead atoms. The van der Waals surface area contributed by atoms with Gasteiger partial charge in [0.2, 0.25) is 23.6 Å². The Labute approximate surface area is 337 Å². The minimum absolute atomic E-state index is 0. The largest absolute Gasteiger partial charge is 0.480 e. The lowest BCUT2D eigenvalue weighted by Gasteiger charge is -2.27. The van der Waals surface area contributed by atoms with Gasteiger partial charge >= 0.3 is 12.1 Å². The third-order valence-corrected chi connectivity index (χ3v) is 9.32. The van der Waals surface area contributed by atoms with Gasteiger partial charge in [-0.25, -0.2) is 9.59 Å². The molecule has 0 unspecified atom stereocenters. The molecule has 5 amide bonds. The van der Waals surface area contributed by atoms with E-state index in [1.165, 1.54) is 9.80 Å². The van der Waals surface area contributed by atoms with Crippen molar-refractivity contribution in [3.05, 3.63) is 60.2 Å². The molecule has 2 aromatic carbocycles. The highest BCUT2D eigenvalue weighted by atomic mass is 35.5. The molecule has 19 heteroatoms. The molecule has 4 atom stereocenters. The number of carboxylic acids is 1. The Bertz CT molecular complexity index is 1740. The lowest BCUT2D eigenvalue weighted by atomic mass is 10.0. The lowest BCUT2D eigenvalue weighted by molar-refractivity contribution is -0.144. The average Bonchev–Trinajstić information content (AvgIpc) is 3.88. The van der Waals surface area contributed by atoms with E-state index in [9.17, 15) is 33.9 Å². The molecule has 0 saturated carbocycles. The summed E-state index contributed by atoms with van der Waals surface area (Å²) in [6, 6.07) is 12.4. The van der Waals surface area contributed by atoms with Gasteiger partial charge in [0.25, 0.3) is 0 Å². The van der Waals surface area contributed by atoms with Crippen LogP contribution in [0.25, 0.3) is 0 Å². The predicted molar refractivity (Wildman–Crippen MR) is 213 cm³/mol. The minimum atomic E-state index is -1.23. The Morgan fingerprint density at radius 3 is 2.02 bits per heavy atom. The number of hydrogen-bond acceptors (Lipinski definition) is 10. The second-order valence-corrected chi connectivity index (χ2v) is 14.1. The van der Waals surface area contributed by atoms with Crippen molar-refractivity contribution in [2.45, 2.75) is 89.6 Å². The van der Waals surface area contributed by atoms with Crippen molar-refractivity contribution in [1.82, 2.24) is 25.8 Å². The first-order valence-electron chi connectivity index (χ1n) is 18.8. The van der Waals surface area contributed by atoms with E-state index >= 15 is 0 Å². The van der Waals surface area contributed by atoms with Gasteiger partial charge in [0.05, 0.1) is 17.9 Å². The number of nitrogens with one attached hydrogen (secondary N) is 3. The van der Waals surface area contributed by atoms with Crippen LogP contribution in [-0.4, -0.2) is 107 Å². The molecule has 2 aromatic rings. The first kappa shape index (κ1) is 45.6. The van der Waals surface area contributed by atoms with Crippen molar-refractivity contribution in [2.75, 3.05) is 26.2 Å². The topological polar surface area (TPSA) is 264 Å². The summed E-state index contributed by atoms with van der Waals surface area (Å²) in [4.78, 5) is 84.6. The summed E-state index contributed by atoms with van der Waals surface area (Å²) >= 11 is 0. The Balaban J connectivity index is 0.00000870. The number of guanidine groups is 1. The highest BCUT2D eigenvalue weighted by molar-refractivity contribution is 5.95. The molecule has 4 rings (SSSR count). The first-order valence-corrected chi connectivity index (χ1v) is 18.8. The molecular formula is C38H53ClN10O8. The average molecular weight is 813 g/mol. The number of carboxylic acid groups (broad SMARTS) is 1. The number of halogens is 1. The summed E-state index contributed by atoms with van der Waals surface area (Å²) in [5.41, 5.74) is 12.7. The first-order chi connectivity index (χ1) is 26.8. The zero-order chi connectivity index (χ0) is 40.6. The summed E-state index contributed by atoms with van der Waals surface area (Å²) in [5.74, 6) is -3.60. The van der Waals surface area contributed by atoms with E-state index < -0.39 is 66.4 Å². The maximum atomic E-state index is 13.5. The SMILES string of the molecule is CC(C)C[C@H](NC(=O)[C@@H]1CCCN1C(=O)OCc1ccc(N=Nc2ccccc2)cc1)C(=O)NCC(=O)N1CCC[C@H]1C(=O)N[C@H](CCCN=C(N)N)C(=O)O.Cl. The number of carbonyl (C=O) groups excluding carboxylic acids is 5. The fraction of sp³-hybridized carbons (Fsp3) is 0.500. The summed E-state index contributed by atoms with van der Waals surface area (Å²) in [6.45, 7) is 4.06. The van der Waals surface area contributed by atoms with E-state index in [2.05, 4.69) is 31.2 Å². The van der Waals surface area contributed by atoms with E-state index in [1.54, 1.807) is 24.3 Å². The molecule has 310 valence electrons. The summed E-state index contributed by atoms with van der Waals surface area (Å²) in [5, 5.41) is 25.9. The molecule has 0 spiro atoms. The number of carbonyl (C=O) groups is 6. The zero-order valence-electron chi connectivity index (χ0n) is 32.2. The third kappa shape index (κ3) is 14.3. The maximum Gasteiger partial charge on any atom is 0.410 e. The number of nitrogens with two attached hydrogens (primary N) is 2. The van der Waals surface area contributed by atoms with E-state index in [4.69, 9.17) is 16.2 Å². The van der Waals surface area contributed by atoms with Crippen LogP contribution in [0.5, 0.6) is 0 Å². The zero-order valence-corrected chi connectivity index (χ0v) is 33.0. The quantitative estimate of drug-likeness (QED) is 0.0555. The molecule has 2 saturated heterocycles. The lowest BCUT2D eigenvalue weighted by Crippen LogP contribution is -2.55. The van der Waals surface area contributed by atoms with E-state index in [0.717, 1.165) is 11.3 Å². The second-order valence-electron chi connectivity index (χ2n) is 14.1. The number of nitrogens with zero attached hydrogens (tertiary/aromatic N) is 5. The van der Waals surface area contributed by atoms with Gasteiger partial charge < -0.3 is 42.2 Å². The Kier molecular flexibility index (Phi) is 18.2. The molecule has 57 heavy (non-hydrogen) atoms. The Morgan fingerprint density at radius 2 is 1.42 bits per heavy atom. The van der Waals surface area contributed by atoms with Crippen molar-refractivity contribution < 1.29 is 38.6 Å². The summed E-state index contributed by atoms with van der Waals surface area (Å²) < 4.78 is 5.54. The molecular weight excluding hydrogens is 760 g/mol. The summed E-state index contributed by atoms with van der Waals surface area (Å²) in [6.07, 6.45) is 1.79. The van der Waals surface area contributed by atoms with Crippen molar-refractivity contribution in [3.8, 4) is 0 Å². The van der Waals surface area contributed by atoms with Crippen LogP contribution in [0.2, 0.25) is 0 Å². The number of hydrogen-bond donors (Lipinski definition) is 6. The molecule has 2 fully saturated rings. The number of amides is 5. The van der Waals surface area contributed by atoms with Gasteiger partial charge in [-0.15, -0.1) is 12.4 Å². The molecule has 2 aliphatic heterocycles. The molecule has 8 N–H and O–H groups in total. The van der Waals surface area contributed by atoms with Crippen LogP contribution in [0.1, 0.15) is 64.4 Å². The van der Waals surface area contributed by atoms with Crippen LogP contribution in [0, 0.1) is 5.92 Å². The number of ether oxygens (including phenoxy) is 1. The summed E-state index contributed by atoms with van der Waals surface area (Å²) in [7, 11) is 0. The van der Waals surface area contributed by atoms with E-state index in [1.807, 2.05) is 44.2 Å². The van der Waals surface area contributed by atoms with Crippen molar-refractivity contribution in [3.63, 3.8) is 0 Å². The number of aliphatic carboxylic acids is 1. The smallest absolute Gasteiger partial charge is 0.410 e. The van der Waals surface area contributed by atoms with Gasteiger partial charge in [-0.2, -0.15) is 10.2 Å². The van der Waals surface area contributed by atoms with Gasteiger partial charge in [0.15, 0.2) is 5.96 Å². The number of benzene rings is 2. The van der Waals surface area contributed by atoms with Gasteiger partial charge in [0.1, 0.15) is 30.8 Å². The molecule has 2 heterocycles. The molecule has 0 aliphatic carbocycles. The van der Waals surface area contributed by atoms with Crippen LogP contribution < -0.4 is 27.4 Å². The highest BCUT2D eigenvalue weighted by Crippen LogP contribution is 2.22. The molecule has 0 aromatic heterocycles. The van der Waals surface area contributed by atoms with Crippen molar-refractivity contribution in [2.24, 2.45) is 32.6 Å². The fourth-order valence-electron chi connectivity index (χ4n) is 6.48. The minimum Gasteiger partial charge on any atom is -0.480 e. The highest BCUT2D eigenvalue weighted by Gasteiger charge is 2.38. The third-order valence-electron chi connectivity index (χ3n) is 9.32.